The molecule has 0 radical (unpaired) electrons. The van der Waals surface area contributed by atoms with E-state index in [4.69, 9.17) is 5.73 Å². The minimum Gasteiger partial charge on any atom is -0.399 e. The molecule has 3 rings (SSSR count). The van der Waals surface area contributed by atoms with Gasteiger partial charge in [-0.1, -0.05) is 12.1 Å². The number of fused-ring (bicyclic) bond motifs is 1. The smallest absolute Gasteiger partial charge is 0.151 e. The highest BCUT2D eigenvalue weighted by Crippen LogP contribution is 2.32. The Balaban J connectivity index is 2.39. The van der Waals surface area contributed by atoms with Crippen molar-refractivity contribution in [3.63, 3.8) is 0 Å². The van der Waals surface area contributed by atoms with E-state index in [-0.39, 0.29) is 11.9 Å². The van der Waals surface area contributed by atoms with E-state index in [1.54, 1.807) is 6.07 Å². The van der Waals surface area contributed by atoms with Crippen molar-refractivity contribution in [1.82, 2.24) is 9.55 Å². The van der Waals surface area contributed by atoms with Gasteiger partial charge in [0, 0.05) is 17.3 Å². The molecule has 0 fully saturated rings. The van der Waals surface area contributed by atoms with Gasteiger partial charge in [0.2, 0.25) is 0 Å². The lowest BCUT2D eigenvalue weighted by Crippen LogP contribution is -2.04. The summed E-state index contributed by atoms with van der Waals surface area (Å²) in [5, 5.41) is 0. The third kappa shape index (κ3) is 2.17. The van der Waals surface area contributed by atoms with Gasteiger partial charge in [0.25, 0.3) is 0 Å². The van der Waals surface area contributed by atoms with Gasteiger partial charge in [-0.3, -0.25) is 0 Å². The van der Waals surface area contributed by atoms with Crippen molar-refractivity contribution in [3.8, 4) is 11.4 Å². The van der Waals surface area contributed by atoms with Crippen LogP contribution in [0.4, 0.5) is 10.1 Å². The second kappa shape index (κ2) is 4.88. The fourth-order valence-corrected chi connectivity index (χ4v) is 2.68. The predicted molar refractivity (Wildman–Crippen MR) is 84.7 cm³/mol. The van der Waals surface area contributed by atoms with Crippen LogP contribution in [-0.4, -0.2) is 9.55 Å². The highest BCUT2D eigenvalue weighted by Gasteiger charge is 2.18. The van der Waals surface area contributed by atoms with Crippen LogP contribution in [0.3, 0.4) is 0 Å². The molecule has 2 aromatic carbocycles. The van der Waals surface area contributed by atoms with Crippen LogP contribution in [0.2, 0.25) is 0 Å². The zero-order chi connectivity index (χ0) is 15.1. The third-order valence-corrected chi connectivity index (χ3v) is 3.69. The van der Waals surface area contributed by atoms with E-state index in [0.717, 1.165) is 22.5 Å². The predicted octanol–water partition coefficient (Wildman–Crippen LogP) is 4.31. The zero-order valence-electron chi connectivity index (χ0n) is 12.4. The first-order valence-electron chi connectivity index (χ1n) is 7.02. The number of aromatic nitrogens is 2. The lowest BCUT2D eigenvalue weighted by atomic mass is 10.1. The first-order chi connectivity index (χ1) is 9.99. The van der Waals surface area contributed by atoms with Crippen LogP contribution in [0, 0.1) is 12.7 Å². The molecular weight excluding hydrogens is 265 g/mol. The second-order valence-electron chi connectivity index (χ2n) is 5.58. The summed E-state index contributed by atoms with van der Waals surface area (Å²) in [6, 6.07) is 11.0. The van der Waals surface area contributed by atoms with Crippen LogP contribution in [-0.2, 0) is 0 Å². The summed E-state index contributed by atoms with van der Waals surface area (Å²) < 4.78 is 16.1. The van der Waals surface area contributed by atoms with Crippen LogP contribution in [0.5, 0.6) is 0 Å². The van der Waals surface area contributed by atoms with Gasteiger partial charge in [0.05, 0.1) is 5.52 Å². The fraction of sp³-hybridized carbons (Fsp3) is 0.235. The van der Waals surface area contributed by atoms with Crippen LogP contribution in [0.1, 0.15) is 25.5 Å². The molecule has 2 N–H and O–H groups in total. The van der Waals surface area contributed by atoms with E-state index in [2.05, 4.69) is 23.4 Å². The van der Waals surface area contributed by atoms with Crippen molar-refractivity contribution in [3.05, 3.63) is 47.8 Å². The van der Waals surface area contributed by atoms with Crippen molar-refractivity contribution < 1.29 is 4.39 Å². The Bertz CT molecular complexity index is 818. The maximum atomic E-state index is 14.0. The molecule has 1 aromatic heterocycles. The van der Waals surface area contributed by atoms with Gasteiger partial charge >= 0.3 is 0 Å². The number of anilines is 1. The second-order valence-corrected chi connectivity index (χ2v) is 5.58. The van der Waals surface area contributed by atoms with E-state index in [1.165, 1.54) is 6.07 Å². The number of rotatable bonds is 2. The molecule has 3 aromatic rings. The molecule has 0 bridgehead atoms. The van der Waals surface area contributed by atoms with E-state index < -0.39 is 0 Å². The summed E-state index contributed by atoms with van der Waals surface area (Å²) in [4.78, 5) is 4.54. The van der Waals surface area contributed by atoms with Gasteiger partial charge < -0.3 is 10.3 Å². The summed E-state index contributed by atoms with van der Waals surface area (Å²) in [5.74, 6) is 0.463. The molecule has 0 atom stereocenters. The quantitative estimate of drug-likeness (QED) is 0.712. The third-order valence-electron chi connectivity index (χ3n) is 3.69. The van der Waals surface area contributed by atoms with Gasteiger partial charge in [-0.15, -0.1) is 0 Å². The molecule has 0 aliphatic rings. The number of nitrogen functional groups attached to an aromatic ring is 1. The molecule has 4 heteroatoms. The average molecular weight is 283 g/mol. The van der Waals surface area contributed by atoms with Crippen molar-refractivity contribution in [2.75, 3.05) is 5.73 Å². The summed E-state index contributed by atoms with van der Waals surface area (Å²) in [6.07, 6.45) is 0. The maximum Gasteiger partial charge on any atom is 0.151 e. The highest BCUT2D eigenvalue weighted by molar-refractivity contribution is 5.82. The molecule has 0 saturated heterocycles. The molecule has 0 unspecified atom stereocenters. The van der Waals surface area contributed by atoms with Gasteiger partial charge in [-0.05, 0) is 50.6 Å². The van der Waals surface area contributed by atoms with Crippen LogP contribution in [0.15, 0.2) is 36.4 Å². The molecule has 0 aliphatic carbocycles. The first kappa shape index (κ1) is 13.6. The lowest BCUT2D eigenvalue weighted by Gasteiger charge is -2.14. The number of halogens is 1. The Labute approximate surface area is 123 Å². The Morgan fingerprint density at radius 1 is 1.19 bits per heavy atom. The van der Waals surface area contributed by atoms with E-state index in [9.17, 15) is 4.39 Å². The Kier molecular flexibility index (Phi) is 3.16. The minimum absolute atomic E-state index is 0.174. The number of nitrogens with zero attached hydrogens (tertiary/aromatic N) is 2. The Hall–Kier alpha value is -2.36. The molecule has 1 heterocycles. The maximum absolute atomic E-state index is 14.0. The summed E-state index contributed by atoms with van der Waals surface area (Å²) in [6.45, 7) is 6.14. The normalized spacial score (nSPS) is 11.5. The number of hydrogen-bond donors (Lipinski definition) is 1. The van der Waals surface area contributed by atoms with E-state index >= 15 is 0 Å². The fourth-order valence-electron chi connectivity index (χ4n) is 2.68. The molecule has 21 heavy (non-hydrogen) atoms. The van der Waals surface area contributed by atoms with Crippen molar-refractivity contribution in [1.29, 1.82) is 0 Å². The molecule has 3 nitrogen and oxygen atoms in total. The molecular formula is C17H18FN3. The lowest BCUT2D eigenvalue weighted by molar-refractivity contribution is 0.623. The molecule has 0 saturated carbocycles. The molecule has 0 amide bonds. The topological polar surface area (TPSA) is 43.8 Å². The monoisotopic (exact) mass is 283 g/mol. The largest absolute Gasteiger partial charge is 0.399 e. The van der Waals surface area contributed by atoms with Gasteiger partial charge in [0.15, 0.2) is 5.82 Å². The number of aryl methyl sites for hydroxylation is 1. The summed E-state index contributed by atoms with van der Waals surface area (Å²) in [5.41, 5.74) is 9.81. The van der Waals surface area contributed by atoms with Gasteiger partial charge in [0.1, 0.15) is 11.3 Å². The molecule has 0 aliphatic heterocycles. The average Bonchev–Trinajstić information content (AvgIpc) is 2.82. The van der Waals surface area contributed by atoms with Crippen LogP contribution < -0.4 is 5.73 Å². The Morgan fingerprint density at radius 2 is 1.95 bits per heavy atom. The number of para-hydroxylation sites is 1. The van der Waals surface area contributed by atoms with E-state index in [0.29, 0.717) is 11.2 Å². The number of hydrogen-bond acceptors (Lipinski definition) is 2. The van der Waals surface area contributed by atoms with Crippen molar-refractivity contribution >= 4 is 16.7 Å². The molecule has 108 valence electrons. The van der Waals surface area contributed by atoms with Crippen LogP contribution >= 0.6 is 0 Å². The SMILES string of the molecule is Cc1ccc(N)cc1-c1nc2c(F)cccc2n1C(C)C. The van der Waals surface area contributed by atoms with Crippen molar-refractivity contribution in [2.45, 2.75) is 26.8 Å². The first-order valence-corrected chi connectivity index (χ1v) is 7.02. The van der Waals surface area contributed by atoms with Gasteiger partial charge in [-0.25, -0.2) is 9.37 Å². The van der Waals surface area contributed by atoms with Crippen molar-refractivity contribution in [2.24, 2.45) is 0 Å². The highest BCUT2D eigenvalue weighted by atomic mass is 19.1. The van der Waals surface area contributed by atoms with Gasteiger partial charge in [-0.2, -0.15) is 0 Å². The molecule has 0 spiro atoms. The zero-order valence-corrected chi connectivity index (χ0v) is 12.4. The summed E-state index contributed by atoms with van der Waals surface area (Å²) in [7, 11) is 0. The number of nitrogens with two attached hydrogens (primary N) is 1. The van der Waals surface area contributed by atoms with E-state index in [1.807, 2.05) is 31.2 Å². The number of benzene rings is 2. The standard InChI is InChI=1S/C17H18FN3/c1-10(2)21-15-6-4-5-14(18)16(15)20-17(21)13-9-12(19)8-7-11(13)3/h4-10H,19H2,1-3H3. The van der Waals surface area contributed by atoms with Crippen LogP contribution in [0.25, 0.3) is 22.4 Å². The Morgan fingerprint density at radius 3 is 2.67 bits per heavy atom. The summed E-state index contributed by atoms with van der Waals surface area (Å²) >= 11 is 0. The minimum atomic E-state index is -0.297. The number of imidazole rings is 1.